The lowest BCUT2D eigenvalue weighted by molar-refractivity contribution is 0.214. The Morgan fingerprint density at radius 2 is 1.50 bits per heavy atom. The largest absolute Gasteiger partial charge is 0.324 e. The van der Waals surface area contributed by atoms with Crippen molar-refractivity contribution in [1.82, 2.24) is 4.90 Å². The van der Waals surface area contributed by atoms with Crippen LogP contribution in [0.1, 0.15) is 52.1 Å². The number of hydrogen-bond donors (Lipinski definition) is 1. The average molecular weight is 276 g/mol. The van der Waals surface area contributed by atoms with Crippen molar-refractivity contribution in [3.8, 4) is 0 Å². The maximum atomic E-state index is 6.27. The third kappa shape index (κ3) is 7.06. The number of rotatable bonds is 9. The van der Waals surface area contributed by atoms with E-state index in [0.717, 1.165) is 24.8 Å². The van der Waals surface area contributed by atoms with Gasteiger partial charge in [0.15, 0.2) is 0 Å². The van der Waals surface area contributed by atoms with E-state index in [1.807, 2.05) is 6.07 Å². The zero-order valence-electron chi connectivity index (χ0n) is 13.7. The van der Waals surface area contributed by atoms with E-state index in [0.29, 0.717) is 0 Å². The Morgan fingerprint density at radius 1 is 0.950 bits per heavy atom. The van der Waals surface area contributed by atoms with Gasteiger partial charge in [-0.2, -0.15) is 0 Å². The van der Waals surface area contributed by atoms with Crippen LogP contribution in [0.5, 0.6) is 0 Å². The van der Waals surface area contributed by atoms with Crippen LogP contribution in [0.15, 0.2) is 30.3 Å². The van der Waals surface area contributed by atoms with E-state index in [1.54, 1.807) is 0 Å². The number of hydrogen-bond acceptors (Lipinski definition) is 2. The molecule has 0 radical (unpaired) electrons. The Bertz CT molecular complexity index is 336. The Kier molecular flexibility index (Phi) is 7.86. The van der Waals surface area contributed by atoms with Crippen molar-refractivity contribution in [2.45, 2.75) is 46.6 Å². The second kappa shape index (κ2) is 9.15. The lowest BCUT2D eigenvalue weighted by atomic mass is 10.0. The maximum absolute atomic E-state index is 6.27. The second-order valence-corrected chi connectivity index (χ2v) is 6.71. The molecule has 0 saturated heterocycles. The smallest absolute Gasteiger partial charge is 0.0295 e. The molecule has 20 heavy (non-hydrogen) atoms. The van der Waals surface area contributed by atoms with E-state index in [1.165, 1.54) is 25.1 Å². The van der Waals surface area contributed by atoms with Gasteiger partial charge >= 0.3 is 0 Å². The van der Waals surface area contributed by atoms with Crippen molar-refractivity contribution in [3.63, 3.8) is 0 Å². The summed E-state index contributed by atoms with van der Waals surface area (Å²) in [5, 5.41) is 0. The van der Waals surface area contributed by atoms with Crippen LogP contribution in [0.25, 0.3) is 0 Å². The molecule has 0 bridgehead atoms. The third-order valence-corrected chi connectivity index (χ3v) is 3.46. The molecule has 1 rings (SSSR count). The Balaban J connectivity index is 2.36. The van der Waals surface area contributed by atoms with Crippen LogP contribution in [0.4, 0.5) is 0 Å². The van der Waals surface area contributed by atoms with Crippen molar-refractivity contribution in [1.29, 1.82) is 0 Å². The molecule has 0 heterocycles. The first-order chi connectivity index (χ1) is 9.49. The van der Waals surface area contributed by atoms with Crippen molar-refractivity contribution in [2.24, 2.45) is 17.6 Å². The molecule has 0 spiro atoms. The fraction of sp³-hybridized carbons (Fsp3) is 0.667. The molecule has 1 unspecified atom stereocenters. The van der Waals surface area contributed by atoms with Crippen molar-refractivity contribution in [3.05, 3.63) is 35.9 Å². The van der Waals surface area contributed by atoms with E-state index in [2.05, 4.69) is 56.9 Å². The second-order valence-electron chi connectivity index (χ2n) is 6.71. The van der Waals surface area contributed by atoms with Gasteiger partial charge in [0.25, 0.3) is 0 Å². The van der Waals surface area contributed by atoms with Gasteiger partial charge < -0.3 is 10.6 Å². The van der Waals surface area contributed by atoms with Gasteiger partial charge in [-0.3, -0.25) is 0 Å². The quantitative estimate of drug-likeness (QED) is 0.736. The van der Waals surface area contributed by atoms with Crippen molar-refractivity contribution < 1.29 is 0 Å². The van der Waals surface area contributed by atoms with Crippen LogP contribution in [0.2, 0.25) is 0 Å². The number of nitrogens with zero attached hydrogens (tertiary/aromatic N) is 1. The summed E-state index contributed by atoms with van der Waals surface area (Å²) in [5.74, 6) is 1.47. The first kappa shape index (κ1) is 17.2. The highest BCUT2D eigenvalue weighted by molar-refractivity contribution is 5.18. The van der Waals surface area contributed by atoms with E-state index < -0.39 is 0 Å². The molecule has 2 heteroatoms. The zero-order valence-corrected chi connectivity index (χ0v) is 13.7. The van der Waals surface area contributed by atoms with E-state index in [4.69, 9.17) is 5.73 Å². The van der Waals surface area contributed by atoms with Gasteiger partial charge in [0.1, 0.15) is 0 Å². The molecule has 2 N–H and O–H groups in total. The lowest BCUT2D eigenvalue weighted by Crippen LogP contribution is -2.32. The molecule has 0 aliphatic rings. The summed E-state index contributed by atoms with van der Waals surface area (Å²) < 4.78 is 0. The summed E-state index contributed by atoms with van der Waals surface area (Å²) in [7, 11) is 0. The molecule has 0 aliphatic carbocycles. The molecule has 0 saturated carbocycles. The Labute approximate surface area is 125 Å². The zero-order chi connectivity index (χ0) is 15.0. The van der Waals surface area contributed by atoms with E-state index in [9.17, 15) is 0 Å². The number of nitrogens with two attached hydrogens (primary N) is 1. The maximum Gasteiger partial charge on any atom is 0.0295 e. The highest BCUT2D eigenvalue weighted by atomic mass is 15.1. The van der Waals surface area contributed by atoms with Crippen molar-refractivity contribution >= 4 is 0 Å². The normalized spacial score (nSPS) is 13.4. The van der Waals surface area contributed by atoms with Gasteiger partial charge in [-0.1, -0.05) is 58.0 Å². The van der Waals surface area contributed by atoms with Crippen LogP contribution < -0.4 is 5.73 Å². The summed E-state index contributed by atoms with van der Waals surface area (Å²) in [6.07, 6.45) is 2.24. The molecule has 114 valence electrons. The summed E-state index contributed by atoms with van der Waals surface area (Å²) in [4.78, 5) is 2.59. The highest BCUT2D eigenvalue weighted by Gasteiger charge is 2.11. The SMILES string of the molecule is CC(C)CN(CCCC(N)c1ccccc1)CC(C)C. The minimum atomic E-state index is 0.177. The van der Waals surface area contributed by atoms with Gasteiger partial charge in [0.05, 0.1) is 0 Å². The molecule has 0 amide bonds. The fourth-order valence-electron chi connectivity index (χ4n) is 2.69. The fourth-order valence-corrected chi connectivity index (χ4v) is 2.69. The van der Waals surface area contributed by atoms with Gasteiger partial charge in [-0.05, 0) is 36.8 Å². The van der Waals surface area contributed by atoms with Crippen LogP contribution >= 0.6 is 0 Å². The third-order valence-electron chi connectivity index (χ3n) is 3.46. The Morgan fingerprint density at radius 3 is 2.00 bits per heavy atom. The first-order valence-corrected chi connectivity index (χ1v) is 8.02. The molecule has 1 atom stereocenters. The van der Waals surface area contributed by atoms with Crippen LogP contribution in [0.3, 0.4) is 0 Å². The highest BCUT2D eigenvalue weighted by Crippen LogP contribution is 2.16. The molecule has 0 aliphatic heterocycles. The van der Waals surface area contributed by atoms with Crippen molar-refractivity contribution in [2.75, 3.05) is 19.6 Å². The van der Waals surface area contributed by atoms with Gasteiger partial charge in [0, 0.05) is 19.1 Å². The predicted molar refractivity (Wildman–Crippen MR) is 88.7 cm³/mol. The predicted octanol–water partition coefficient (Wildman–Crippen LogP) is 4.08. The lowest BCUT2D eigenvalue weighted by Gasteiger charge is -2.26. The van der Waals surface area contributed by atoms with Crippen LogP contribution in [0, 0.1) is 11.8 Å². The molecule has 1 aromatic rings. The molecule has 0 fully saturated rings. The van der Waals surface area contributed by atoms with Crippen LogP contribution in [-0.2, 0) is 0 Å². The van der Waals surface area contributed by atoms with Crippen LogP contribution in [-0.4, -0.2) is 24.5 Å². The summed E-state index contributed by atoms with van der Waals surface area (Å²) in [6.45, 7) is 12.7. The summed E-state index contributed by atoms with van der Waals surface area (Å²) >= 11 is 0. The van der Waals surface area contributed by atoms with E-state index in [-0.39, 0.29) is 6.04 Å². The minimum Gasteiger partial charge on any atom is -0.324 e. The van der Waals surface area contributed by atoms with E-state index >= 15 is 0 Å². The van der Waals surface area contributed by atoms with Gasteiger partial charge in [-0.25, -0.2) is 0 Å². The minimum absolute atomic E-state index is 0.177. The molecular weight excluding hydrogens is 244 g/mol. The average Bonchev–Trinajstić information content (AvgIpc) is 2.38. The topological polar surface area (TPSA) is 29.3 Å². The standard InChI is InChI=1S/C18H32N2/c1-15(2)13-20(14-16(3)4)12-8-11-18(19)17-9-6-5-7-10-17/h5-7,9-10,15-16,18H,8,11-14,19H2,1-4H3. The van der Waals surface area contributed by atoms with Gasteiger partial charge in [-0.15, -0.1) is 0 Å². The summed E-state index contributed by atoms with van der Waals surface area (Å²) in [6, 6.07) is 10.6. The Hall–Kier alpha value is -0.860. The monoisotopic (exact) mass is 276 g/mol. The first-order valence-electron chi connectivity index (χ1n) is 8.02. The molecule has 2 nitrogen and oxygen atoms in total. The molecule has 0 aromatic heterocycles. The molecular formula is C18H32N2. The summed E-state index contributed by atoms with van der Waals surface area (Å²) in [5.41, 5.74) is 7.52. The number of benzene rings is 1. The van der Waals surface area contributed by atoms with Gasteiger partial charge in [0.2, 0.25) is 0 Å². The molecule has 1 aromatic carbocycles.